The van der Waals surface area contributed by atoms with Crippen LogP contribution >= 0.6 is 0 Å². The van der Waals surface area contributed by atoms with Crippen LogP contribution in [-0.2, 0) is 24.3 Å². The van der Waals surface area contributed by atoms with Crippen molar-refractivity contribution in [3.8, 4) is 5.75 Å². The van der Waals surface area contributed by atoms with Crippen LogP contribution in [0.25, 0.3) is 0 Å². The van der Waals surface area contributed by atoms with Crippen molar-refractivity contribution in [1.29, 1.82) is 0 Å². The van der Waals surface area contributed by atoms with Gasteiger partial charge in [0, 0.05) is 20.2 Å². The average Bonchev–Trinajstić information content (AvgIpc) is 2.86. The minimum atomic E-state index is 0.577. The summed E-state index contributed by atoms with van der Waals surface area (Å²) in [7, 11) is 3.85. The number of fused-ring (bicyclic) bond motifs is 1. The van der Waals surface area contributed by atoms with Crippen molar-refractivity contribution in [2.24, 2.45) is 5.92 Å². The van der Waals surface area contributed by atoms with Gasteiger partial charge < -0.3 is 14.4 Å². The lowest BCUT2D eigenvalue weighted by Gasteiger charge is -2.21. The predicted octanol–water partition coefficient (Wildman–Crippen LogP) is 2.63. The van der Waals surface area contributed by atoms with E-state index in [0.29, 0.717) is 12.5 Å². The van der Waals surface area contributed by atoms with E-state index in [2.05, 4.69) is 46.4 Å². The largest absolute Gasteiger partial charge is 0.493 e. The molecule has 1 aliphatic rings. The van der Waals surface area contributed by atoms with Crippen LogP contribution in [0.3, 0.4) is 0 Å². The van der Waals surface area contributed by atoms with E-state index in [1.54, 1.807) is 7.11 Å². The van der Waals surface area contributed by atoms with E-state index in [1.165, 1.54) is 5.56 Å². The summed E-state index contributed by atoms with van der Waals surface area (Å²) < 4.78 is 11.0. The molecule has 0 spiro atoms. The van der Waals surface area contributed by atoms with E-state index in [-0.39, 0.29) is 0 Å². The summed E-state index contributed by atoms with van der Waals surface area (Å²) >= 11 is 0. The molecule has 0 fully saturated rings. The van der Waals surface area contributed by atoms with Gasteiger partial charge in [0.15, 0.2) is 0 Å². The highest BCUT2D eigenvalue weighted by molar-refractivity contribution is 5.34. The molecule has 0 unspecified atom stereocenters. The topological polar surface area (TPSA) is 50.4 Å². The summed E-state index contributed by atoms with van der Waals surface area (Å²) in [6, 6.07) is 10.5. The number of nitrogens with one attached hydrogen (secondary N) is 1. The molecule has 0 saturated heterocycles. The number of rotatable bonds is 6. The maximum Gasteiger partial charge on any atom is 0.122 e. The third-order valence-corrected chi connectivity index (χ3v) is 4.25. The second-order valence-corrected chi connectivity index (χ2v) is 6.33. The van der Waals surface area contributed by atoms with Gasteiger partial charge in [0.1, 0.15) is 5.75 Å². The van der Waals surface area contributed by atoms with Crippen molar-refractivity contribution >= 4 is 0 Å². The Hall–Kier alpha value is -1.85. The van der Waals surface area contributed by atoms with Crippen molar-refractivity contribution in [1.82, 2.24) is 15.1 Å². The third-order valence-electron chi connectivity index (χ3n) is 4.25. The average molecular weight is 315 g/mol. The van der Waals surface area contributed by atoms with Gasteiger partial charge in [0.2, 0.25) is 0 Å². The number of hydrogen-bond donors (Lipinski definition) is 1. The molecular weight excluding hydrogens is 290 g/mol. The molecule has 1 atom stereocenters. The van der Waals surface area contributed by atoms with E-state index < -0.39 is 0 Å². The Labute approximate surface area is 137 Å². The van der Waals surface area contributed by atoms with Gasteiger partial charge in [-0.3, -0.25) is 5.10 Å². The van der Waals surface area contributed by atoms with Crippen LogP contribution in [0.5, 0.6) is 5.75 Å². The zero-order valence-electron chi connectivity index (χ0n) is 13.9. The molecule has 1 aliphatic heterocycles. The highest BCUT2D eigenvalue weighted by Crippen LogP contribution is 2.27. The number of methoxy groups -OCH3 is 1. The molecule has 124 valence electrons. The standard InChI is InChI=1S/C18H25N3O2/c1-21(12-16-10-17(13-22-2)20-19-16)11-14-7-8-23-18-6-4-3-5-15(18)9-14/h3-6,10,14H,7-9,11-13H2,1-2H3,(H,19,20)/t14-/m1/s1. The fourth-order valence-corrected chi connectivity index (χ4v) is 3.22. The van der Waals surface area contributed by atoms with E-state index in [9.17, 15) is 0 Å². The second-order valence-electron chi connectivity index (χ2n) is 6.33. The monoisotopic (exact) mass is 315 g/mol. The van der Waals surface area contributed by atoms with E-state index in [1.807, 2.05) is 6.07 Å². The molecule has 0 amide bonds. The molecule has 3 rings (SSSR count). The number of aromatic nitrogens is 2. The molecule has 1 N–H and O–H groups in total. The molecule has 2 heterocycles. The smallest absolute Gasteiger partial charge is 0.122 e. The fraction of sp³-hybridized carbons (Fsp3) is 0.500. The first-order valence-electron chi connectivity index (χ1n) is 8.16. The summed E-state index contributed by atoms with van der Waals surface area (Å²) in [4.78, 5) is 2.34. The zero-order chi connectivity index (χ0) is 16.1. The second kappa shape index (κ2) is 7.62. The number of ether oxygens (including phenoxy) is 2. The summed E-state index contributed by atoms with van der Waals surface area (Å²) in [6.45, 7) is 3.27. The molecule has 5 heteroatoms. The van der Waals surface area contributed by atoms with Crippen molar-refractivity contribution in [2.45, 2.75) is 26.0 Å². The lowest BCUT2D eigenvalue weighted by molar-refractivity contribution is 0.181. The molecule has 0 radical (unpaired) electrons. The Morgan fingerprint density at radius 3 is 3.13 bits per heavy atom. The van der Waals surface area contributed by atoms with Gasteiger partial charge in [-0.1, -0.05) is 18.2 Å². The van der Waals surface area contributed by atoms with Gasteiger partial charge in [0.05, 0.1) is 24.6 Å². The summed E-state index contributed by atoms with van der Waals surface area (Å²) in [5.41, 5.74) is 3.41. The first-order chi connectivity index (χ1) is 11.2. The summed E-state index contributed by atoms with van der Waals surface area (Å²) in [6.07, 6.45) is 2.17. The first-order valence-corrected chi connectivity index (χ1v) is 8.16. The minimum Gasteiger partial charge on any atom is -0.493 e. The van der Waals surface area contributed by atoms with Gasteiger partial charge in [-0.05, 0) is 43.5 Å². The van der Waals surface area contributed by atoms with Crippen LogP contribution in [-0.4, -0.2) is 42.4 Å². The van der Waals surface area contributed by atoms with Gasteiger partial charge in [-0.15, -0.1) is 0 Å². The van der Waals surface area contributed by atoms with E-state index >= 15 is 0 Å². The Kier molecular flexibility index (Phi) is 5.31. The molecule has 0 saturated carbocycles. The van der Waals surface area contributed by atoms with E-state index in [0.717, 1.165) is 49.7 Å². The first kappa shape index (κ1) is 16.0. The molecule has 1 aromatic heterocycles. The molecule has 2 aromatic rings. The van der Waals surface area contributed by atoms with Crippen LogP contribution in [0.4, 0.5) is 0 Å². The Morgan fingerprint density at radius 2 is 2.26 bits per heavy atom. The molecular formula is C18H25N3O2. The fourth-order valence-electron chi connectivity index (χ4n) is 3.22. The van der Waals surface area contributed by atoms with Crippen LogP contribution < -0.4 is 4.74 Å². The SMILES string of the molecule is COCc1cc(CN(C)C[C@@H]2CCOc3ccccc3C2)n[nH]1. The number of aromatic amines is 1. The van der Waals surface area contributed by atoms with Gasteiger partial charge in [0.25, 0.3) is 0 Å². The molecule has 0 aliphatic carbocycles. The van der Waals surface area contributed by atoms with Gasteiger partial charge in [-0.25, -0.2) is 0 Å². The molecule has 1 aromatic carbocycles. The van der Waals surface area contributed by atoms with Crippen LogP contribution in [0.1, 0.15) is 23.4 Å². The van der Waals surface area contributed by atoms with Crippen LogP contribution in [0.2, 0.25) is 0 Å². The normalized spacial score (nSPS) is 17.6. The summed E-state index contributed by atoms with van der Waals surface area (Å²) in [5, 5.41) is 7.37. The Morgan fingerprint density at radius 1 is 1.39 bits per heavy atom. The van der Waals surface area contributed by atoms with Crippen molar-refractivity contribution in [3.63, 3.8) is 0 Å². The van der Waals surface area contributed by atoms with Gasteiger partial charge in [-0.2, -0.15) is 5.10 Å². The lowest BCUT2D eigenvalue weighted by atomic mass is 9.96. The maximum absolute atomic E-state index is 5.86. The molecule has 5 nitrogen and oxygen atoms in total. The van der Waals surface area contributed by atoms with E-state index in [4.69, 9.17) is 9.47 Å². The van der Waals surface area contributed by atoms with Crippen molar-refractivity contribution in [2.75, 3.05) is 27.3 Å². The zero-order valence-corrected chi connectivity index (χ0v) is 13.9. The van der Waals surface area contributed by atoms with Crippen molar-refractivity contribution < 1.29 is 9.47 Å². The maximum atomic E-state index is 5.86. The number of H-pyrrole nitrogens is 1. The van der Waals surface area contributed by atoms with Crippen LogP contribution in [0.15, 0.2) is 30.3 Å². The molecule has 0 bridgehead atoms. The summed E-state index contributed by atoms with van der Waals surface area (Å²) in [5.74, 6) is 1.66. The minimum absolute atomic E-state index is 0.577. The highest BCUT2D eigenvalue weighted by Gasteiger charge is 2.19. The van der Waals surface area contributed by atoms with Crippen LogP contribution in [0, 0.1) is 5.92 Å². The number of hydrogen-bond acceptors (Lipinski definition) is 4. The molecule has 23 heavy (non-hydrogen) atoms. The predicted molar refractivity (Wildman–Crippen MR) is 89.4 cm³/mol. The Bertz CT molecular complexity index is 626. The number of para-hydroxylation sites is 1. The highest BCUT2D eigenvalue weighted by atomic mass is 16.5. The Balaban J connectivity index is 1.56. The quantitative estimate of drug-likeness (QED) is 0.890. The third kappa shape index (κ3) is 4.33. The van der Waals surface area contributed by atoms with Gasteiger partial charge >= 0.3 is 0 Å². The number of nitrogens with zero attached hydrogens (tertiary/aromatic N) is 2. The lowest BCUT2D eigenvalue weighted by Crippen LogP contribution is -2.27. The van der Waals surface area contributed by atoms with Crippen molar-refractivity contribution in [3.05, 3.63) is 47.3 Å². The number of benzene rings is 1.